The molecule has 0 spiro atoms. The average Bonchev–Trinajstić information content (AvgIpc) is 2.06. The molecule has 1 aliphatic carbocycles. The van der Waals surface area contributed by atoms with Crippen molar-refractivity contribution in [3.05, 3.63) is 23.3 Å². The Kier molecular flexibility index (Phi) is 3.65. The molecule has 0 bridgehead atoms. The molecule has 0 aliphatic heterocycles. The van der Waals surface area contributed by atoms with Crippen LogP contribution in [-0.4, -0.2) is 17.4 Å². The number of nitrogens with one attached hydrogen (secondary N) is 1. The Balaban J connectivity index is 2.66. The van der Waals surface area contributed by atoms with Crippen LogP contribution < -0.4 is 11.1 Å². The molecule has 0 saturated heterocycles. The van der Waals surface area contributed by atoms with Crippen LogP contribution in [-0.2, 0) is 4.74 Å². The highest BCUT2D eigenvalue weighted by Gasteiger charge is 2.31. The summed E-state index contributed by atoms with van der Waals surface area (Å²) in [4.78, 5) is 11.5. The first kappa shape index (κ1) is 13.1. The molecule has 0 aromatic carbocycles. The van der Waals surface area contributed by atoms with E-state index >= 15 is 0 Å². The number of alkyl carbamates (subject to hydrolysis) is 1. The average molecular weight is 245 g/mol. The van der Waals surface area contributed by atoms with Crippen molar-refractivity contribution >= 4 is 17.7 Å². The van der Waals surface area contributed by atoms with E-state index in [1.54, 1.807) is 32.9 Å². The summed E-state index contributed by atoms with van der Waals surface area (Å²) in [5.41, 5.74) is 4.21. The SMILES string of the molecule is CC(C)(C)OC(=O)NC1(N)C=CCC=C1Cl. The summed E-state index contributed by atoms with van der Waals surface area (Å²) in [7, 11) is 0. The van der Waals surface area contributed by atoms with E-state index in [9.17, 15) is 4.79 Å². The van der Waals surface area contributed by atoms with Gasteiger partial charge < -0.3 is 10.5 Å². The number of carbonyl (C=O) groups is 1. The van der Waals surface area contributed by atoms with Gasteiger partial charge in [0.2, 0.25) is 0 Å². The molecule has 16 heavy (non-hydrogen) atoms. The molecule has 1 amide bonds. The lowest BCUT2D eigenvalue weighted by Gasteiger charge is -2.30. The van der Waals surface area contributed by atoms with E-state index in [0.717, 1.165) is 0 Å². The number of allylic oxidation sites excluding steroid dienone is 2. The predicted molar refractivity (Wildman–Crippen MR) is 64.0 cm³/mol. The highest BCUT2D eigenvalue weighted by Crippen LogP contribution is 2.22. The maximum Gasteiger partial charge on any atom is 0.409 e. The topological polar surface area (TPSA) is 64.3 Å². The van der Waals surface area contributed by atoms with Gasteiger partial charge in [0.25, 0.3) is 0 Å². The second-order valence-electron chi connectivity index (χ2n) is 4.69. The van der Waals surface area contributed by atoms with Crippen LogP contribution in [0.25, 0.3) is 0 Å². The van der Waals surface area contributed by atoms with Gasteiger partial charge in [-0.05, 0) is 33.3 Å². The van der Waals surface area contributed by atoms with Crippen molar-refractivity contribution in [2.24, 2.45) is 5.73 Å². The van der Waals surface area contributed by atoms with Crippen LogP contribution in [0.2, 0.25) is 0 Å². The molecule has 3 N–H and O–H groups in total. The van der Waals surface area contributed by atoms with Gasteiger partial charge in [0.15, 0.2) is 0 Å². The summed E-state index contributed by atoms with van der Waals surface area (Å²) in [6, 6.07) is 0. The van der Waals surface area contributed by atoms with Crippen LogP contribution in [0.4, 0.5) is 4.79 Å². The largest absolute Gasteiger partial charge is 0.444 e. The minimum atomic E-state index is -1.15. The number of nitrogens with two attached hydrogens (primary N) is 1. The smallest absolute Gasteiger partial charge is 0.409 e. The van der Waals surface area contributed by atoms with Gasteiger partial charge in [0, 0.05) is 0 Å². The van der Waals surface area contributed by atoms with Crippen molar-refractivity contribution in [3.63, 3.8) is 0 Å². The summed E-state index contributed by atoms with van der Waals surface area (Å²) in [5.74, 6) is 0. The fourth-order valence-corrected chi connectivity index (χ4v) is 1.45. The molecule has 0 aromatic rings. The predicted octanol–water partition coefficient (Wildman–Crippen LogP) is 2.25. The maximum absolute atomic E-state index is 11.5. The van der Waals surface area contributed by atoms with Gasteiger partial charge in [0.1, 0.15) is 11.3 Å². The Morgan fingerprint density at radius 3 is 2.75 bits per heavy atom. The first-order valence-corrected chi connectivity index (χ1v) is 5.45. The molecule has 0 fully saturated rings. The molecular formula is C11H17ClN2O2. The minimum absolute atomic E-state index is 0.390. The quantitative estimate of drug-likeness (QED) is 0.549. The normalized spacial score (nSPS) is 24.9. The number of hydrogen-bond donors (Lipinski definition) is 2. The van der Waals surface area contributed by atoms with E-state index in [4.69, 9.17) is 22.1 Å². The van der Waals surface area contributed by atoms with Crippen LogP contribution >= 0.6 is 11.6 Å². The lowest BCUT2D eigenvalue weighted by molar-refractivity contribution is 0.0494. The summed E-state index contributed by atoms with van der Waals surface area (Å²) >= 11 is 5.95. The van der Waals surface area contributed by atoms with Crippen molar-refractivity contribution < 1.29 is 9.53 Å². The van der Waals surface area contributed by atoms with Crippen molar-refractivity contribution in [2.45, 2.75) is 38.5 Å². The van der Waals surface area contributed by atoms with E-state index in [2.05, 4.69) is 5.32 Å². The van der Waals surface area contributed by atoms with Gasteiger partial charge in [-0.15, -0.1) is 0 Å². The molecule has 1 unspecified atom stereocenters. The van der Waals surface area contributed by atoms with Crippen molar-refractivity contribution in [1.82, 2.24) is 5.32 Å². The highest BCUT2D eigenvalue weighted by atomic mass is 35.5. The fraction of sp³-hybridized carbons (Fsp3) is 0.545. The van der Waals surface area contributed by atoms with E-state index in [1.165, 1.54) is 0 Å². The first-order valence-electron chi connectivity index (χ1n) is 5.07. The van der Waals surface area contributed by atoms with Gasteiger partial charge >= 0.3 is 6.09 Å². The Morgan fingerprint density at radius 2 is 2.25 bits per heavy atom. The first-order chi connectivity index (χ1) is 7.23. The molecule has 0 saturated carbocycles. The third kappa shape index (κ3) is 3.54. The summed E-state index contributed by atoms with van der Waals surface area (Å²) < 4.78 is 5.10. The van der Waals surface area contributed by atoms with Gasteiger partial charge in [-0.25, -0.2) is 4.79 Å². The van der Waals surface area contributed by atoms with Crippen LogP contribution in [0, 0.1) is 0 Å². The van der Waals surface area contributed by atoms with Gasteiger partial charge in [-0.3, -0.25) is 5.32 Å². The van der Waals surface area contributed by atoms with Crippen molar-refractivity contribution in [1.29, 1.82) is 0 Å². The van der Waals surface area contributed by atoms with E-state index < -0.39 is 17.4 Å². The van der Waals surface area contributed by atoms with E-state index in [-0.39, 0.29) is 0 Å². The number of carbonyl (C=O) groups excluding carboxylic acids is 1. The zero-order valence-electron chi connectivity index (χ0n) is 9.71. The van der Waals surface area contributed by atoms with E-state index in [0.29, 0.717) is 11.5 Å². The number of ether oxygens (including phenoxy) is 1. The van der Waals surface area contributed by atoms with Crippen molar-refractivity contribution in [3.8, 4) is 0 Å². The highest BCUT2D eigenvalue weighted by molar-refractivity contribution is 6.31. The molecule has 0 heterocycles. The molecule has 90 valence electrons. The number of rotatable bonds is 1. The lowest BCUT2D eigenvalue weighted by atomic mass is 10.0. The minimum Gasteiger partial charge on any atom is -0.444 e. The van der Waals surface area contributed by atoms with Crippen LogP contribution in [0.15, 0.2) is 23.3 Å². The summed E-state index contributed by atoms with van der Waals surface area (Å²) in [6.07, 6.45) is 5.36. The molecule has 1 aliphatic rings. The second kappa shape index (κ2) is 4.47. The molecule has 0 aromatic heterocycles. The summed E-state index contributed by atoms with van der Waals surface area (Å²) in [5, 5.41) is 2.92. The third-order valence-electron chi connectivity index (χ3n) is 1.92. The van der Waals surface area contributed by atoms with Crippen LogP contribution in [0.5, 0.6) is 0 Å². The Morgan fingerprint density at radius 1 is 1.62 bits per heavy atom. The molecule has 5 heteroatoms. The lowest BCUT2D eigenvalue weighted by Crippen LogP contribution is -2.56. The summed E-state index contributed by atoms with van der Waals surface area (Å²) in [6.45, 7) is 5.35. The number of hydrogen-bond acceptors (Lipinski definition) is 3. The molecular weight excluding hydrogens is 228 g/mol. The molecule has 1 atom stereocenters. The Labute approximate surface area is 100 Å². The monoisotopic (exact) mass is 244 g/mol. The zero-order valence-corrected chi connectivity index (χ0v) is 10.5. The van der Waals surface area contributed by atoms with Crippen LogP contribution in [0.3, 0.4) is 0 Å². The standard InChI is InChI=1S/C11H17ClN2O2/c1-10(2,3)16-9(15)14-11(13)7-5-4-6-8(11)12/h5-7H,4,13H2,1-3H3,(H,14,15). The zero-order chi connectivity index (χ0) is 12.4. The third-order valence-corrected chi connectivity index (χ3v) is 2.38. The maximum atomic E-state index is 11.5. The van der Waals surface area contributed by atoms with Gasteiger partial charge in [0.05, 0.1) is 5.03 Å². The Hall–Kier alpha value is -1.00. The van der Waals surface area contributed by atoms with Gasteiger partial charge in [-0.2, -0.15) is 0 Å². The van der Waals surface area contributed by atoms with E-state index in [1.807, 2.05) is 6.08 Å². The Bertz CT molecular complexity index is 344. The van der Waals surface area contributed by atoms with Crippen LogP contribution in [0.1, 0.15) is 27.2 Å². The molecule has 4 nitrogen and oxygen atoms in total. The fourth-order valence-electron chi connectivity index (χ4n) is 1.25. The molecule has 0 radical (unpaired) electrons. The molecule has 1 rings (SSSR count). The number of halogens is 1. The number of amides is 1. The second-order valence-corrected chi connectivity index (χ2v) is 5.09. The van der Waals surface area contributed by atoms with Gasteiger partial charge in [-0.1, -0.05) is 23.8 Å². The van der Waals surface area contributed by atoms with Crippen molar-refractivity contribution in [2.75, 3.05) is 0 Å².